The Labute approximate surface area is 155 Å². The number of likely N-dealkylation sites (tertiary alicyclic amines) is 1. The zero-order chi connectivity index (χ0) is 17.3. The lowest BCUT2D eigenvalue weighted by Gasteiger charge is -2.38. The highest BCUT2D eigenvalue weighted by Gasteiger charge is 2.39. The molecular weight excluding hydrogens is 338 g/mol. The van der Waals surface area contributed by atoms with Crippen LogP contribution in [0.1, 0.15) is 43.5 Å². The average molecular weight is 366 g/mol. The van der Waals surface area contributed by atoms with E-state index in [4.69, 9.17) is 5.73 Å². The highest BCUT2D eigenvalue weighted by atomic mass is 35.5. The molecule has 2 fully saturated rings. The van der Waals surface area contributed by atoms with Crippen LogP contribution in [0.2, 0.25) is 0 Å². The minimum atomic E-state index is 0. The van der Waals surface area contributed by atoms with Gasteiger partial charge in [-0.1, -0.05) is 19.9 Å². The molecule has 1 heterocycles. The average Bonchev–Trinajstić information content (AvgIpc) is 3.31. The zero-order valence-electron chi connectivity index (χ0n) is 14.9. The van der Waals surface area contributed by atoms with Crippen LogP contribution in [0.4, 0.5) is 5.69 Å². The quantitative estimate of drug-likeness (QED) is 0.861. The molecule has 1 aromatic carbocycles. The molecule has 0 radical (unpaired) electrons. The van der Waals surface area contributed by atoms with Gasteiger partial charge >= 0.3 is 0 Å². The maximum absolute atomic E-state index is 12.9. The van der Waals surface area contributed by atoms with E-state index in [-0.39, 0.29) is 36.2 Å². The molecule has 25 heavy (non-hydrogen) atoms. The van der Waals surface area contributed by atoms with E-state index in [2.05, 4.69) is 19.2 Å². The number of carbonyl (C=O) groups is 2. The molecule has 1 aromatic rings. The Morgan fingerprint density at radius 2 is 2.00 bits per heavy atom. The van der Waals surface area contributed by atoms with Crippen LogP contribution in [-0.2, 0) is 4.79 Å². The lowest BCUT2D eigenvalue weighted by atomic mass is 9.92. The van der Waals surface area contributed by atoms with E-state index in [1.54, 1.807) is 6.07 Å². The number of piperidine rings is 1. The van der Waals surface area contributed by atoms with Gasteiger partial charge in [0.25, 0.3) is 5.91 Å². The number of nitrogens with zero attached hydrogens (tertiary/aromatic N) is 1. The molecule has 2 amide bonds. The van der Waals surface area contributed by atoms with Crippen molar-refractivity contribution in [2.75, 3.05) is 18.4 Å². The van der Waals surface area contributed by atoms with Crippen LogP contribution in [0.3, 0.4) is 0 Å². The number of nitrogens with two attached hydrogens (primary N) is 1. The molecule has 1 saturated carbocycles. The minimum Gasteiger partial charge on any atom is -0.334 e. The second-order valence-corrected chi connectivity index (χ2v) is 7.41. The SMILES string of the molecule is CC1CCN(C(=O)c2cccc(NC(=O)C3CC3C)c2)C(CN)C1.Cl. The Kier molecular flexibility index (Phi) is 6.47. The topological polar surface area (TPSA) is 75.4 Å². The van der Waals surface area contributed by atoms with Crippen LogP contribution in [0.15, 0.2) is 24.3 Å². The third-order valence-corrected chi connectivity index (χ3v) is 5.33. The van der Waals surface area contributed by atoms with Crippen molar-refractivity contribution in [3.63, 3.8) is 0 Å². The van der Waals surface area contributed by atoms with Gasteiger partial charge in [-0.05, 0) is 49.3 Å². The number of rotatable bonds is 4. The fourth-order valence-electron chi connectivity index (χ4n) is 3.56. The molecule has 0 aromatic heterocycles. The lowest BCUT2D eigenvalue weighted by molar-refractivity contribution is -0.117. The van der Waals surface area contributed by atoms with Gasteiger partial charge < -0.3 is 16.0 Å². The molecule has 1 aliphatic carbocycles. The Hall–Kier alpha value is -1.59. The Bertz CT molecular complexity index is 637. The second kappa shape index (κ2) is 8.19. The predicted molar refractivity (Wildman–Crippen MR) is 102 cm³/mol. The number of amides is 2. The number of hydrogen-bond acceptors (Lipinski definition) is 3. The summed E-state index contributed by atoms with van der Waals surface area (Å²) in [5.74, 6) is 1.26. The number of nitrogens with one attached hydrogen (secondary N) is 1. The molecule has 138 valence electrons. The summed E-state index contributed by atoms with van der Waals surface area (Å²) >= 11 is 0. The Morgan fingerprint density at radius 3 is 2.64 bits per heavy atom. The normalized spacial score (nSPS) is 28.0. The molecule has 6 heteroatoms. The van der Waals surface area contributed by atoms with E-state index < -0.39 is 0 Å². The van der Waals surface area contributed by atoms with Gasteiger partial charge in [-0.25, -0.2) is 0 Å². The van der Waals surface area contributed by atoms with Crippen molar-refractivity contribution in [2.45, 2.75) is 39.2 Å². The first-order valence-corrected chi connectivity index (χ1v) is 8.91. The summed E-state index contributed by atoms with van der Waals surface area (Å²) in [5.41, 5.74) is 7.18. The largest absolute Gasteiger partial charge is 0.334 e. The van der Waals surface area contributed by atoms with Gasteiger partial charge in [0.2, 0.25) is 5.91 Å². The summed E-state index contributed by atoms with van der Waals surface area (Å²) in [6.45, 7) is 5.53. The molecule has 0 bridgehead atoms. The van der Waals surface area contributed by atoms with Gasteiger partial charge in [0.15, 0.2) is 0 Å². The molecule has 5 nitrogen and oxygen atoms in total. The molecule has 2 aliphatic rings. The lowest BCUT2D eigenvalue weighted by Crippen LogP contribution is -2.49. The van der Waals surface area contributed by atoms with Gasteiger partial charge in [0, 0.05) is 36.3 Å². The molecule has 1 aliphatic heterocycles. The molecular formula is C19H28ClN3O2. The van der Waals surface area contributed by atoms with Crippen molar-refractivity contribution in [3.8, 4) is 0 Å². The summed E-state index contributed by atoms with van der Waals surface area (Å²) in [5, 5.41) is 2.93. The van der Waals surface area contributed by atoms with Crippen molar-refractivity contribution in [1.82, 2.24) is 4.90 Å². The van der Waals surface area contributed by atoms with E-state index in [1.165, 1.54) is 0 Å². The third kappa shape index (κ3) is 4.53. The maximum Gasteiger partial charge on any atom is 0.254 e. The minimum absolute atomic E-state index is 0. The second-order valence-electron chi connectivity index (χ2n) is 7.41. The smallest absolute Gasteiger partial charge is 0.254 e. The maximum atomic E-state index is 12.9. The molecule has 3 N–H and O–H groups in total. The van der Waals surface area contributed by atoms with Gasteiger partial charge in [-0.2, -0.15) is 0 Å². The van der Waals surface area contributed by atoms with E-state index in [1.807, 2.05) is 23.1 Å². The fraction of sp³-hybridized carbons (Fsp3) is 0.579. The number of halogens is 1. The predicted octanol–water partition coefficient (Wildman–Crippen LogP) is 2.90. The van der Waals surface area contributed by atoms with Gasteiger partial charge in [0.1, 0.15) is 0 Å². The van der Waals surface area contributed by atoms with Crippen molar-refractivity contribution in [1.29, 1.82) is 0 Å². The first-order valence-electron chi connectivity index (χ1n) is 8.91. The number of anilines is 1. The van der Waals surface area contributed by atoms with E-state index in [9.17, 15) is 9.59 Å². The third-order valence-electron chi connectivity index (χ3n) is 5.33. The van der Waals surface area contributed by atoms with Crippen LogP contribution in [0.5, 0.6) is 0 Å². The van der Waals surface area contributed by atoms with Crippen molar-refractivity contribution in [2.24, 2.45) is 23.5 Å². The Morgan fingerprint density at radius 1 is 1.28 bits per heavy atom. The molecule has 0 spiro atoms. The van der Waals surface area contributed by atoms with Crippen molar-refractivity contribution >= 4 is 29.9 Å². The van der Waals surface area contributed by atoms with Crippen LogP contribution < -0.4 is 11.1 Å². The molecule has 1 saturated heterocycles. The van der Waals surface area contributed by atoms with Crippen LogP contribution >= 0.6 is 12.4 Å². The zero-order valence-corrected chi connectivity index (χ0v) is 15.7. The van der Waals surface area contributed by atoms with Crippen LogP contribution in [0, 0.1) is 17.8 Å². The van der Waals surface area contributed by atoms with E-state index in [0.29, 0.717) is 29.6 Å². The number of carbonyl (C=O) groups excluding carboxylic acids is 2. The van der Waals surface area contributed by atoms with Crippen LogP contribution in [-0.4, -0.2) is 35.8 Å². The van der Waals surface area contributed by atoms with E-state index in [0.717, 1.165) is 25.8 Å². The number of benzene rings is 1. The highest BCUT2D eigenvalue weighted by molar-refractivity contribution is 5.98. The molecule has 4 atom stereocenters. The number of hydrogen-bond donors (Lipinski definition) is 2. The van der Waals surface area contributed by atoms with E-state index >= 15 is 0 Å². The summed E-state index contributed by atoms with van der Waals surface area (Å²) in [6, 6.07) is 7.35. The van der Waals surface area contributed by atoms with Crippen LogP contribution in [0.25, 0.3) is 0 Å². The summed E-state index contributed by atoms with van der Waals surface area (Å²) in [6.07, 6.45) is 2.92. The first-order chi connectivity index (χ1) is 11.5. The summed E-state index contributed by atoms with van der Waals surface area (Å²) in [7, 11) is 0. The van der Waals surface area contributed by atoms with Crippen molar-refractivity contribution in [3.05, 3.63) is 29.8 Å². The highest BCUT2D eigenvalue weighted by Crippen LogP contribution is 2.38. The molecule has 4 unspecified atom stereocenters. The fourth-order valence-corrected chi connectivity index (χ4v) is 3.56. The summed E-state index contributed by atoms with van der Waals surface area (Å²) < 4.78 is 0. The van der Waals surface area contributed by atoms with Gasteiger partial charge in [0.05, 0.1) is 0 Å². The van der Waals surface area contributed by atoms with Gasteiger partial charge in [-0.3, -0.25) is 9.59 Å². The van der Waals surface area contributed by atoms with Crippen molar-refractivity contribution < 1.29 is 9.59 Å². The molecule has 3 rings (SSSR count). The summed E-state index contributed by atoms with van der Waals surface area (Å²) in [4.78, 5) is 26.8. The first kappa shape index (κ1) is 19.7. The monoisotopic (exact) mass is 365 g/mol. The standard InChI is InChI=1S/C19H27N3O2.ClH/c1-12-6-7-22(16(8-12)11-20)19(24)14-4-3-5-15(10-14)21-18(23)17-9-13(17)2;/h3-5,10,12-13,16-17H,6-9,11,20H2,1-2H3,(H,21,23);1H. The Balaban J connectivity index is 0.00000225. The van der Waals surface area contributed by atoms with Gasteiger partial charge in [-0.15, -0.1) is 12.4 Å².